The smallest absolute Gasteiger partial charge is 0.326 e. The van der Waals surface area contributed by atoms with E-state index in [0.717, 1.165) is 0 Å². The molecule has 0 saturated carbocycles. The molecule has 0 aromatic carbocycles. The summed E-state index contributed by atoms with van der Waals surface area (Å²) in [5.74, 6) is -5.10. The fourth-order valence-electron chi connectivity index (χ4n) is 2.58. The Kier molecular flexibility index (Phi) is 13.5. The van der Waals surface area contributed by atoms with E-state index >= 15 is 0 Å². The van der Waals surface area contributed by atoms with Crippen LogP contribution in [-0.2, 0) is 24.0 Å². The van der Waals surface area contributed by atoms with Gasteiger partial charge in [-0.1, -0.05) is 13.8 Å². The molecule has 33 heavy (non-hydrogen) atoms. The van der Waals surface area contributed by atoms with Crippen LogP contribution < -0.4 is 38.9 Å². The standard InChI is InChI=1S/C18H34N8O6S/c1-8(2)13(16(30)24-10(17(31)32)4-3-5-23-18(21)22)26-15(29)11(6-12(20)27)25-14(28)9(19)7-33/h8-11,13,33H,3-7,19H2,1-2H3,(H2,20,27)(H,24,30)(H,25,28)(H,26,29)(H,31,32)(H4,21,22,23). The predicted molar refractivity (Wildman–Crippen MR) is 124 cm³/mol. The van der Waals surface area contributed by atoms with Gasteiger partial charge in [-0.15, -0.1) is 0 Å². The summed E-state index contributed by atoms with van der Waals surface area (Å²) in [7, 11) is 0. The quantitative estimate of drug-likeness (QED) is 0.0474. The van der Waals surface area contributed by atoms with Crippen molar-refractivity contribution in [2.75, 3.05) is 12.3 Å². The molecule has 0 aliphatic rings. The molecular formula is C18H34N8O6S. The number of carbonyl (C=O) groups is 5. The number of nitrogens with two attached hydrogens (primary N) is 4. The number of guanidine groups is 1. The summed E-state index contributed by atoms with van der Waals surface area (Å²) >= 11 is 3.90. The summed E-state index contributed by atoms with van der Waals surface area (Å²) in [6, 6.07) is -4.83. The normalized spacial score (nSPS) is 14.3. The van der Waals surface area contributed by atoms with E-state index in [0.29, 0.717) is 0 Å². The monoisotopic (exact) mass is 490 g/mol. The third-order valence-corrected chi connectivity index (χ3v) is 4.77. The number of nitrogens with zero attached hydrogens (tertiary/aromatic N) is 1. The molecule has 0 radical (unpaired) electrons. The minimum Gasteiger partial charge on any atom is -0.480 e. The second kappa shape index (κ2) is 14.9. The summed E-state index contributed by atoms with van der Waals surface area (Å²) in [6.07, 6.45) is -0.212. The van der Waals surface area contributed by atoms with Crippen molar-refractivity contribution in [3.8, 4) is 0 Å². The molecule has 0 bridgehead atoms. The first-order valence-corrected chi connectivity index (χ1v) is 10.8. The Morgan fingerprint density at radius 1 is 0.939 bits per heavy atom. The van der Waals surface area contributed by atoms with Crippen LogP contribution in [-0.4, -0.2) is 77.1 Å². The lowest BCUT2D eigenvalue weighted by Crippen LogP contribution is -2.59. The first-order valence-electron chi connectivity index (χ1n) is 10.1. The Labute approximate surface area is 197 Å². The Morgan fingerprint density at radius 3 is 1.97 bits per heavy atom. The van der Waals surface area contributed by atoms with E-state index in [9.17, 15) is 29.1 Å². The number of rotatable bonds is 15. The maximum absolute atomic E-state index is 12.7. The molecule has 4 atom stereocenters. The fourth-order valence-corrected chi connectivity index (χ4v) is 2.75. The van der Waals surface area contributed by atoms with E-state index in [1.54, 1.807) is 13.8 Å². The van der Waals surface area contributed by atoms with Crippen molar-refractivity contribution >= 4 is 48.2 Å². The molecule has 12 N–H and O–H groups in total. The molecule has 14 nitrogen and oxygen atoms in total. The lowest BCUT2D eigenvalue weighted by atomic mass is 10.0. The van der Waals surface area contributed by atoms with Crippen molar-refractivity contribution in [1.29, 1.82) is 0 Å². The molecule has 0 rings (SSSR count). The van der Waals surface area contributed by atoms with Crippen molar-refractivity contribution in [2.45, 2.75) is 57.3 Å². The highest BCUT2D eigenvalue weighted by atomic mass is 32.1. The highest BCUT2D eigenvalue weighted by Crippen LogP contribution is 2.06. The summed E-state index contributed by atoms with van der Waals surface area (Å²) in [5.41, 5.74) is 21.1. The number of primary amides is 1. The first kappa shape index (κ1) is 29.9. The van der Waals surface area contributed by atoms with Crippen LogP contribution in [0.1, 0.15) is 33.1 Å². The average molecular weight is 491 g/mol. The summed E-state index contributed by atoms with van der Waals surface area (Å²) in [5, 5.41) is 16.5. The van der Waals surface area contributed by atoms with Gasteiger partial charge in [0.2, 0.25) is 23.6 Å². The zero-order valence-electron chi connectivity index (χ0n) is 18.6. The predicted octanol–water partition coefficient (Wildman–Crippen LogP) is -3.63. The van der Waals surface area contributed by atoms with E-state index in [2.05, 4.69) is 33.6 Å². The molecule has 0 aromatic rings. The lowest BCUT2D eigenvalue weighted by molar-refractivity contribution is -0.143. The summed E-state index contributed by atoms with van der Waals surface area (Å²) in [6.45, 7) is 3.42. The van der Waals surface area contributed by atoms with Gasteiger partial charge in [0.05, 0.1) is 12.5 Å². The Morgan fingerprint density at radius 2 is 1.52 bits per heavy atom. The van der Waals surface area contributed by atoms with Crippen LogP contribution in [0.25, 0.3) is 0 Å². The van der Waals surface area contributed by atoms with Gasteiger partial charge in [-0.3, -0.25) is 24.2 Å². The van der Waals surface area contributed by atoms with Crippen LogP contribution in [0.15, 0.2) is 4.99 Å². The lowest BCUT2D eigenvalue weighted by Gasteiger charge is -2.26. The van der Waals surface area contributed by atoms with Gasteiger partial charge < -0.3 is 44.0 Å². The van der Waals surface area contributed by atoms with Crippen molar-refractivity contribution in [3.63, 3.8) is 0 Å². The van der Waals surface area contributed by atoms with Gasteiger partial charge in [-0.2, -0.15) is 12.6 Å². The van der Waals surface area contributed by atoms with Crippen LogP contribution in [0.4, 0.5) is 0 Å². The Bertz CT molecular complexity index is 743. The zero-order chi connectivity index (χ0) is 25.7. The minimum absolute atomic E-state index is 0.00642. The third kappa shape index (κ3) is 11.9. The van der Waals surface area contributed by atoms with Gasteiger partial charge in [0.1, 0.15) is 18.1 Å². The molecule has 188 valence electrons. The largest absolute Gasteiger partial charge is 0.480 e. The molecule has 0 saturated heterocycles. The average Bonchev–Trinajstić information content (AvgIpc) is 2.71. The molecule has 4 amide bonds. The van der Waals surface area contributed by atoms with E-state index in [1.807, 2.05) is 0 Å². The molecule has 0 aliphatic heterocycles. The number of amides is 4. The molecule has 0 aromatic heterocycles. The van der Waals surface area contributed by atoms with Crippen LogP contribution in [0, 0.1) is 5.92 Å². The van der Waals surface area contributed by atoms with Gasteiger partial charge in [0, 0.05) is 12.3 Å². The van der Waals surface area contributed by atoms with E-state index in [4.69, 9.17) is 22.9 Å². The topological polar surface area (TPSA) is 258 Å². The number of carbonyl (C=O) groups excluding carboxylic acids is 4. The maximum Gasteiger partial charge on any atom is 0.326 e. The minimum atomic E-state index is -1.38. The number of carboxylic acids is 1. The number of aliphatic carboxylic acids is 1. The Balaban J connectivity index is 5.34. The van der Waals surface area contributed by atoms with Crippen LogP contribution in [0.3, 0.4) is 0 Å². The van der Waals surface area contributed by atoms with Crippen molar-refractivity contribution in [2.24, 2.45) is 33.8 Å². The van der Waals surface area contributed by atoms with Crippen molar-refractivity contribution in [1.82, 2.24) is 16.0 Å². The van der Waals surface area contributed by atoms with Crippen LogP contribution in [0.2, 0.25) is 0 Å². The third-order valence-electron chi connectivity index (χ3n) is 4.38. The number of aliphatic imine (C=N–C) groups is 1. The van der Waals surface area contributed by atoms with Gasteiger partial charge in [0.15, 0.2) is 5.96 Å². The Hall–Kier alpha value is -3.07. The molecule has 0 spiro atoms. The SMILES string of the molecule is CC(C)C(NC(=O)C(CC(N)=O)NC(=O)C(N)CS)C(=O)NC(CCCN=C(N)N)C(=O)O. The first-order chi connectivity index (χ1) is 15.3. The molecule has 0 heterocycles. The highest BCUT2D eigenvalue weighted by molar-refractivity contribution is 7.80. The molecule has 0 fully saturated rings. The van der Waals surface area contributed by atoms with Gasteiger partial charge in [-0.25, -0.2) is 4.79 Å². The van der Waals surface area contributed by atoms with E-state index in [1.165, 1.54) is 0 Å². The molecule has 15 heteroatoms. The number of carboxylic acid groups (broad SMARTS) is 1. The number of nitrogens with one attached hydrogen (secondary N) is 3. The fraction of sp³-hybridized carbons (Fsp3) is 0.667. The van der Waals surface area contributed by atoms with Gasteiger partial charge in [-0.05, 0) is 18.8 Å². The number of hydrogen-bond donors (Lipinski definition) is 9. The van der Waals surface area contributed by atoms with Crippen molar-refractivity contribution in [3.05, 3.63) is 0 Å². The summed E-state index contributed by atoms with van der Waals surface area (Å²) in [4.78, 5) is 64.1. The number of hydrogen-bond acceptors (Lipinski definition) is 8. The maximum atomic E-state index is 12.7. The molecule has 4 unspecified atom stereocenters. The van der Waals surface area contributed by atoms with E-state index in [-0.39, 0.29) is 31.1 Å². The second-order valence-corrected chi connectivity index (χ2v) is 7.96. The molecular weight excluding hydrogens is 456 g/mol. The van der Waals surface area contributed by atoms with Gasteiger partial charge >= 0.3 is 5.97 Å². The van der Waals surface area contributed by atoms with Gasteiger partial charge in [0.25, 0.3) is 0 Å². The van der Waals surface area contributed by atoms with Crippen LogP contribution in [0.5, 0.6) is 0 Å². The van der Waals surface area contributed by atoms with Crippen LogP contribution >= 0.6 is 12.6 Å². The van der Waals surface area contributed by atoms with E-state index < -0.39 is 66.1 Å². The zero-order valence-corrected chi connectivity index (χ0v) is 19.5. The summed E-state index contributed by atoms with van der Waals surface area (Å²) < 4.78 is 0. The highest BCUT2D eigenvalue weighted by Gasteiger charge is 2.32. The van der Waals surface area contributed by atoms with Crippen molar-refractivity contribution < 1.29 is 29.1 Å². The molecule has 0 aliphatic carbocycles. The second-order valence-electron chi connectivity index (χ2n) is 7.60. The number of thiol groups is 1.